The molecule has 0 radical (unpaired) electrons. The van der Waals surface area contributed by atoms with Crippen LogP contribution in [-0.4, -0.2) is 11.4 Å². The molecule has 3 N–H and O–H groups in total. The first-order valence-corrected chi connectivity index (χ1v) is 5.38. The van der Waals surface area contributed by atoms with Crippen molar-refractivity contribution in [3.05, 3.63) is 35.1 Å². The van der Waals surface area contributed by atoms with E-state index in [1.165, 1.54) is 0 Å². The van der Waals surface area contributed by atoms with E-state index >= 15 is 0 Å². The Balaban J connectivity index is 2.74. The van der Waals surface area contributed by atoms with Crippen LogP contribution in [0.25, 0.3) is 0 Å². The van der Waals surface area contributed by atoms with Crippen LogP contribution in [0.1, 0.15) is 25.8 Å². The van der Waals surface area contributed by atoms with Gasteiger partial charge in [0.25, 0.3) is 0 Å². The zero-order chi connectivity index (χ0) is 13.9. The Morgan fingerprint density at radius 2 is 1.78 bits per heavy atom. The maximum Gasteiger partial charge on any atom is 0.219 e. The van der Waals surface area contributed by atoms with Crippen LogP contribution in [0.15, 0.2) is 12.1 Å². The minimum Gasteiger partial charge on any atom is -0.370 e. The summed E-state index contributed by atoms with van der Waals surface area (Å²) >= 11 is 0. The lowest BCUT2D eigenvalue weighted by atomic mass is 10.00. The van der Waals surface area contributed by atoms with Crippen LogP contribution in [-0.2, 0) is 11.3 Å². The van der Waals surface area contributed by atoms with Gasteiger partial charge in [-0.15, -0.1) is 0 Å². The van der Waals surface area contributed by atoms with Gasteiger partial charge in [0.15, 0.2) is 11.6 Å². The molecular weight excluding hydrogens is 245 g/mol. The van der Waals surface area contributed by atoms with Crippen molar-refractivity contribution in [2.45, 2.75) is 32.4 Å². The summed E-state index contributed by atoms with van der Waals surface area (Å²) in [6.07, 6.45) is 0.0539. The number of benzene rings is 1. The SMILES string of the molecule is CC(C)(CC(N)=O)NCc1cc(F)c(F)cc1F. The van der Waals surface area contributed by atoms with Gasteiger partial charge in [0, 0.05) is 30.1 Å². The maximum absolute atomic E-state index is 13.3. The van der Waals surface area contributed by atoms with Gasteiger partial charge >= 0.3 is 0 Å². The van der Waals surface area contributed by atoms with Crippen molar-refractivity contribution in [1.29, 1.82) is 0 Å². The van der Waals surface area contributed by atoms with Crippen molar-refractivity contribution < 1.29 is 18.0 Å². The highest BCUT2D eigenvalue weighted by Crippen LogP contribution is 2.15. The molecule has 0 bridgehead atoms. The Kier molecular flexibility index (Phi) is 4.34. The van der Waals surface area contributed by atoms with Gasteiger partial charge in [-0.3, -0.25) is 4.79 Å². The first-order valence-electron chi connectivity index (χ1n) is 5.38. The summed E-state index contributed by atoms with van der Waals surface area (Å²) < 4.78 is 39.0. The van der Waals surface area contributed by atoms with Crippen molar-refractivity contribution in [2.75, 3.05) is 0 Å². The van der Waals surface area contributed by atoms with Gasteiger partial charge in [-0.2, -0.15) is 0 Å². The van der Waals surface area contributed by atoms with Gasteiger partial charge in [-0.05, 0) is 19.9 Å². The molecule has 0 unspecified atom stereocenters. The molecule has 0 aliphatic heterocycles. The third-order valence-electron chi connectivity index (χ3n) is 2.46. The molecule has 0 heterocycles. The third-order valence-corrected chi connectivity index (χ3v) is 2.46. The minimum atomic E-state index is -1.23. The lowest BCUT2D eigenvalue weighted by molar-refractivity contribution is -0.119. The Morgan fingerprint density at radius 1 is 1.22 bits per heavy atom. The molecule has 1 aromatic rings. The van der Waals surface area contributed by atoms with E-state index in [4.69, 9.17) is 5.73 Å². The monoisotopic (exact) mass is 260 g/mol. The lowest BCUT2D eigenvalue weighted by Crippen LogP contribution is -2.42. The summed E-state index contributed by atoms with van der Waals surface area (Å²) in [5.74, 6) is -3.68. The first kappa shape index (κ1) is 14.5. The number of hydrogen-bond acceptors (Lipinski definition) is 2. The zero-order valence-corrected chi connectivity index (χ0v) is 10.2. The number of hydrogen-bond donors (Lipinski definition) is 2. The van der Waals surface area contributed by atoms with Gasteiger partial charge in [0.1, 0.15) is 5.82 Å². The van der Waals surface area contributed by atoms with Crippen molar-refractivity contribution >= 4 is 5.91 Å². The van der Waals surface area contributed by atoms with Gasteiger partial charge < -0.3 is 11.1 Å². The van der Waals surface area contributed by atoms with E-state index in [2.05, 4.69) is 5.32 Å². The van der Waals surface area contributed by atoms with Crippen LogP contribution < -0.4 is 11.1 Å². The predicted octanol–water partition coefficient (Wildman–Crippen LogP) is 1.85. The number of amides is 1. The highest BCUT2D eigenvalue weighted by molar-refractivity contribution is 5.74. The molecule has 100 valence electrons. The molecule has 0 aliphatic carbocycles. The normalized spacial score (nSPS) is 11.6. The number of primary amides is 1. The third kappa shape index (κ3) is 4.03. The van der Waals surface area contributed by atoms with Crippen LogP contribution in [0.2, 0.25) is 0 Å². The minimum absolute atomic E-state index is 0.00792. The molecule has 0 saturated carbocycles. The first-order chi connectivity index (χ1) is 8.21. The standard InChI is InChI=1S/C12H15F3N2O/c1-12(2,5-11(16)18)17-6-7-3-9(14)10(15)4-8(7)13/h3-4,17H,5-6H2,1-2H3,(H2,16,18). The van der Waals surface area contributed by atoms with Crippen molar-refractivity contribution in [2.24, 2.45) is 5.73 Å². The van der Waals surface area contributed by atoms with Gasteiger partial charge in [-0.25, -0.2) is 13.2 Å². The summed E-state index contributed by atoms with van der Waals surface area (Å²) in [5, 5.41) is 2.86. The quantitative estimate of drug-likeness (QED) is 0.794. The molecule has 1 amide bonds. The molecule has 6 heteroatoms. The van der Waals surface area contributed by atoms with Crippen LogP contribution in [0.4, 0.5) is 13.2 Å². The molecule has 1 aromatic carbocycles. The maximum atomic E-state index is 13.3. The zero-order valence-electron chi connectivity index (χ0n) is 10.2. The topological polar surface area (TPSA) is 55.1 Å². The van der Waals surface area contributed by atoms with Crippen LogP contribution in [0.5, 0.6) is 0 Å². The molecular formula is C12H15F3N2O. The predicted molar refractivity (Wildman–Crippen MR) is 61.0 cm³/mol. The van der Waals surface area contributed by atoms with Crippen molar-refractivity contribution in [3.8, 4) is 0 Å². The summed E-state index contributed by atoms with van der Waals surface area (Å²) in [7, 11) is 0. The van der Waals surface area contributed by atoms with E-state index in [0.717, 1.165) is 6.07 Å². The second-order valence-electron chi connectivity index (χ2n) is 4.74. The summed E-state index contributed by atoms with van der Waals surface area (Å²) in [5.41, 5.74) is 4.40. The number of nitrogens with one attached hydrogen (secondary N) is 1. The van der Waals surface area contributed by atoms with Gasteiger partial charge in [0.2, 0.25) is 5.91 Å². The number of rotatable bonds is 5. The Morgan fingerprint density at radius 3 is 2.33 bits per heavy atom. The fourth-order valence-corrected chi connectivity index (χ4v) is 1.53. The highest BCUT2D eigenvalue weighted by Gasteiger charge is 2.20. The Hall–Kier alpha value is -1.56. The summed E-state index contributed by atoms with van der Waals surface area (Å²) in [4.78, 5) is 10.8. The van der Waals surface area contributed by atoms with E-state index in [9.17, 15) is 18.0 Å². The molecule has 18 heavy (non-hydrogen) atoms. The molecule has 0 atom stereocenters. The molecule has 0 saturated heterocycles. The number of carbonyl (C=O) groups excluding carboxylic acids is 1. The van der Waals surface area contributed by atoms with Crippen molar-refractivity contribution in [3.63, 3.8) is 0 Å². The Bertz CT molecular complexity index is 461. The average Bonchev–Trinajstić information content (AvgIpc) is 2.19. The van der Waals surface area contributed by atoms with Crippen LogP contribution in [0.3, 0.4) is 0 Å². The van der Waals surface area contributed by atoms with Gasteiger partial charge in [0.05, 0.1) is 0 Å². The molecule has 3 nitrogen and oxygen atoms in total. The van der Waals surface area contributed by atoms with E-state index in [-0.39, 0.29) is 18.5 Å². The molecule has 0 spiro atoms. The van der Waals surface area contributed by atoms with Crippen LogP contribution >= 0.6 is 0 Å². The largest absolute Gasteiger partial charge is 0.370 e. The summed E-state index contributed by atoms with van der Waals surface area (Å²) in [6.45, 7) is 3.38. The fourth-order valence-electron chi connectivity index (χ4n) is 1.53. The molecule has 1 rings (SSSR count). The molecule has 0 fully saturated rings. The smallest absolute Gasteiger partial charge is 0.219 e. The van der Waals surface area contributed by atoms with E-state index in [0.29, 0.717) is 6.07 Å². The molecule has 0 aromatic heterocycles. The number of carbonyl (C=O) groups is 1. The highest BCUT2D eigenvalue weighted by atomic mass is 19.2. The lowest BCUT2D eigenvalue weighted by Gasteiger charge is -2.25. The molecule has 0 aliphatic rings. The second-order valence-corrected chi connectivity index (χ2v) is 4.74. The van der Waals surface area contributed by atoms with Gasteiger partial charge in [-0.1, -0.05) is 0 Å². The Labute approximate surface area is 103 Å². The average molecular weight is 260 g/mol. The number of halogens is 3. The number of nitrogens with two attached hydrogens (primary N) is 1. The fraction of sp³-hybridized carbons (Fsp3) is 0.417. The second kappa shape index (κ2) is 5.39. The summed E-state index contributed by atoms with van der Waals surface area (Å²) in [6, 6.07) is 1.28. The van der Waals surface area contributed by atoms with E-state index < -0.39 is 28.9 Å². The van der Waals surface area contributed by atoms with Crippen LogP contribution in [0, 0.1) is 17.5 Å². The van der Waals surface area contributed by atoms with E-state index in [1.807, 2.05) is 0 Å². The van der Waals surface area contributed by atoms with E-state index in [1.54, 1.807) is 13.8 Å². The van der Waals surface area contributed by atoms with Crippen molar-refractivity contribution in [1.82, 2.24) is 5.32 Å².